The van der Waals surface area contributed by atoms with Crippen molar-refractivity contribution in [3.8, 4) is 0 Å². The number of rotatable bonds is 4. The Balaban J connectivity index is 1.55. The first-order chi connectivity index (χ1) is 9.65. The average molecular weight is 290 g/mol. The van der Waals surface area contributed by atoms with Crippen molar-refractivity contribution in [3.63, 3.8) is 0 Å². The zero-order valence-corrected chi connectivity index (χ0v) is 12.0. The van der Waals surface area contributed by atoms with Crippen LogP contribution in [0.3, 0.4) is 0 Å². The summed E-state index contributed by atoms with van der Waals surface area (Å²) >= 11 is 5.87. The van der Waals surface area contributed by atoms with Gasteiger partial charge in [-0.2, -0.15) is 5.10 Å². The number of hydrogen-bond acceptors (Lipinski definition) is 2. The second kappa shape index (κ2) is 5.29. The van der Waals surface area contributed by atoms with Crippen LogP contribution < -0.4 is 5.32 Å². The Bertz CT molecular complexity index is 620. The van der Waals surface area contributed by atoms with Gasteiger partial charge in [0.25, 0.3) is 0 Å². The van der Waals surface area contributed by atoms with E-state index in [1.54, 1.807) is 10.9 Å². The Morgan fingerprint density at radius 3 is 2.80 bits per heavy atom. The van der Waals surface area contributed by atoms with Crippen LogP contribution in [0.5, 0.6) is 0 Å². The molecular weight excluding hydrogens is 274 g/mol. The van der Waals surface area contributed by atoms with Gasteiger partial charge in [-0.05, 0) is 36.1 Å². The maximum absolute atomic E-state index is 12.1. The van der Waals surface area contributed by atoms with E-state index in [9.17, 15) is 4.79 Å². The largest absolute Gasteiger partial charge is 0.350 e. The lowest BCUT2D eigenvalue weighted by Gasteiger charge is -2.05. The van der Waals surface area contributed by atoms with Crippen LogP contribution in [0, 0.1) is 5.92 Å². The van der Waals surface area contributed by atoms with Crippen LogP contribution in [0.4, 0.5) is 0 Å². The predicted octanol–water partition coefficient (Wildman–Crippen LogP) is 2.49. The molecule has 1 aliphatic rings. The van der Waals surface area contributed by atoms with Crippen LogP contribution in [0.1, 0.15) is 23.6 Å². The Kier molecular flexibility index (Phi) is 3.49. The minimum absolute atomic E-state index is 0.0874. The van der Waals surface area contributed by atoms with Gasteiger partial charge in [0.1, 0.15) is 0 Å². The predicted molar refractivity (Wildman–Crippen MR) is 77.4 cm³/mol. The second-order valence-corrected chi connectivity index (χ2v) is 5.60. The molecule has 1 N–H and O–H groups in total. The smallest absolute Gasteiger partial charge is 0.224 e. The minimum atomic E-state index is 0.0874. The highest BCUT2D eigenvalue weighted by molar-refractivity contribution is 6.30. The number of nitrogens with one attached hydrogen (secondary N) is 1. The first-order valence-corrected chi connectivity index (χ1v) is 7.03. The van der Waals surface area contributed by atoms with Gasteiger partial charge in [0, 0.05) is 24.2 Å². The fourth-order valence-electron chi connectivity index (χ4n) is 2.45. The molecule has 1 aliphatic carbocycles. The lowest BCUT2D eigenvalue weighted by Crippen LogP contribution is -2.25. The van der Waals surface area contributed by atoms with Crippen molar-refractivity contribution >= 4 is 17.5 Å². The molecule has 20 heavy (non-hydrogen) atoms. The van der Waals surface area contributed by atoms with Crippen molar-refractivity contribution in [1.29, 1.82) is 0 Å². The molecule has 104 valence electrons. The summed E-state index contributed by atoms with van der Waals surface area (Å²) < 4.78 is 1.77. The standard InChI is InChI=1S/C15H16ClN3O/c1-19-12(6-7-18-19)9-17-15(20)14-8-13(14)10-2-4-11(16)5-3-10/h2-7,13-14H,8-9H2,1H3,(H,17,20). The van der Waals surface area contributed by atoms with E-state index in [0.29, 0.717) is 12.5 Å². The molecule has 2 atom stereocenters. The molecule has 1 heterocycles. The number of carbonyl (C=O) groups excluding carboxylic acids is 1. The van der Waals surface area contributed by atoms with Crippen LogP contribution in [0.15, 0.2) is 36.5 Å². The van der Waals surface area contributed by atoms with Gasteiger partial charge in [-0.15, -0.1) is 0 Å². The first-order valence-electron chi connectivity index (χ1n) is 6.65. The van der Waals surface area contributed by atoms with E-state index in [-0.39, 0.29) is 11.8 Å². The number of nitrogens with zero attached hydrogens (tertiary/aromatic N) is 2. The number of halogens is 1. The van der Waals surface area contributed by atoms with Crippen LogP contribution in [-0.4, -0.2) is 15.7 Å². The third-order valence-corrected chi connectivity index (χ3v) is 4.04. The number of benzene rings is 1. The maximum atomic E-state index is 12.1. The molecule has 1 amide bonds. The summed E-state index contributed by atoms with van der Waals surface area (Å²) in [4.78, 5) is 12.1. The molecular formula is C15H16ClN3O. The Morgan fingerprint density at radius 1 is 1.40 bits per heavy atom. The van der Waals surface area contributed by atoms with Crippen LogP contribution in [0.25, 0.3) is 0 Å². The molecule has 2 aromatic rings. The minimum Gasteiger partial charge on any atom is -0.350 e. The fraction of sp³-hybridized carbons (Fsp3) is 0.333. The second-order valence-electron chi connectivity index (χ2n) is 5.16. The van der Waals surface area contributed by atoms with E-state index >= 15 is 0 Å². The van der Waals surface area contributed by atoms with Crippen molar-refractivity contribution in [1.82, 2.24) is 15.1 Å². The average Bonchev–Trinajstić information content (AvgIpc) is 3.14. The Hall–Kier alpha value is -1.81. The normalized spacial score (nSPS) is 20.7. The molecule has 0 saturated heterocycles. The summed E-state index contributed by atoms with van der Waals surface area (Å²) in [6, 6.07) is 9.66. The van der Waals surface area contributed by atoms with Gasteiger partial charge in [0.2, 0.25) is 5.91 Å². The van der Waals surface area contributed by atoms with Crippen molar-refractivity contribution in [2.75, 3.05) is 0 Å². The number of amides is 1. The van der Waals surface area contributed by atoms with Gasteiger partial charge >= 0.3 is 0 Å². The van der Waals surface area contributed by atoms with E-state index in [1.165, 1.54) is 5.56 Å². The van der Waals surface area contributed by atoms with Gasteiger partial charge in [0.15, 0.2) is 0 Å². The summed E-state index contributed by atoms with van der Waals surface area (Å²) in [7, 11) is 1.87. The van der Waals surface area contributed by atoms with E-state index < -0.39 is 0 Å². The summed E-state index contributed by atoms with van der Waals surface area (Å²) in [5.74, 6) is 0.536. The van der Waals surface area contributed by atoms with E-state index in [0.717, 1.165) is 17.1 Å². The lowest BCUT2D eigenvalue weighted by atomic mass is 10.1. The van der Waals surface area contributed by atoms with Crippen LogP contribution in [-0.2, 0) is 18.4 Å². The highest BCUT2D eigenvalue weighted by atomic mass is 35.5. The maximum Gasteiger partial charge on any atom is 0.224 e. The van der Waals surface area contributed by atoms with E-state index in [1.807, 2.05) is 37.4 Å². The molecule has 1 aromatic carbocycles. The van der Waals surface area contributed by atoms with Gasteiger partial charge in [-0.25, -0.2) is 0 Å². The quantitative estimate of drug-likeness (QED) is 0.940. The molecule has 0 spiro atoms. The van der Waals surface area contributed by atoms with Gasteiger partial charge in [-0.3, -0.25) is 9.48 Å². The molecule has 5 heteroatoms. The monoisotopic (exact) mass is 289 g/mol. The van der Waals surface area contributed by atoms with Crippen molar-refractivity contribution < 1.29 is 4.79 Å². The summed E-state index contributed by atoms with van der Waals surface area (Å²) in [5.41, 5.74) is 2.19. The SMILES string of the molecule is Cn1nccc1CNC(=O)C1CC1c1ccc(Cl)cc1. The Labute approximate surface area is 122 Å². The molecule has 1 saturated carbocycles. The van der Waals surface area contributed by atoms with Gasteiger partial charge in [-0.1, -0.05) is 23.7 Å². The summed E-state index contributed by atoms with van der Waals surface area (Å²) in [6.45, 7) is 0.527. The number of aryl methyl sites for hydroxylation is 1. The third kappa shape index (κ3) is 2.70. The number of aromatic nitrogens is 2. The lowest BCUT2D eigenvalue weighted by molar-refractivity contribution is -0.122. The fourth-order valence-corrected chi connectivity index (χ4v) is 2.57. The topological polar surface area (TPSA) is 46.9 Å². The molecule has 2 unspecified atom stereocenters. The molecule has 1 fully saturated rings. The number of carbonyl (C=O) groups is 1. The van der Waals surface area contributed by atoms with Crippen LogP contribution in [0.2, 0.25) is 5.02 Å². The third-order valence-electron chi connectivity index (χ3n) is 3.79. The molecule has 4 nitrogen and oxygen atoms in total. The van der Waals surface area contributed by atoms with Gasteiger partial charge < -0.3 is 5.32 Å². The zero-order chi connectivity index (χ0) is 14.1. The Morgan fingerprint density at radius 2 is 2.15 bits per heavy atom. The van der Waals surface area contributed by atoms with Crippen molar-refractivity contribution in [2.45, 2.75) is 18.9 Å². The molecule has 0 radical (unpaired) electrons. The van der Waals surface area contributed by atoms with Crippen molar-refractivity contribution in [2.24, 2.45) is 13.0 Å². The number of hydrogen-bond donors (Lipinski definition) is 1. The molecule has 1 aromatic heterocycles. The highest BCUT2D eigenvalue weighted by Crippen LogP contribution is 2.47. The summed E-state index contributed by atoms with van der Waals surface area (Å²) in [5, 5.41) is 7.78. The highest BCUT2D eigenvalue weighted by Gasteiger charge is 2.43. The molecule has 0 aliphatic heterocycles. The van der Waals surface area contributed by atoms with Crippen molar-refractivity contribution in [3.05, 3.63) is 52.8 Å². The first kappa shape index (κ1) is 13.2. The van der Waals surface area contributed by atoms with E-state index in [2.05, 4.69) is 10.4 Å². The zero-order valence-electron chi connectivity index (χ0n) is 11.2. The van der Waals surface area contributed by atoms with E-state index in [4.69, 9.17) is 11.6 Å². The van der Waals surface area contributed by atoms with Gasteiger partial charge in [0.05, 0.1) is 12.2 Å². The molecule has 0 bridgehead atoms. The summed E-state index contributed by atoms with van der Waals surface area (Å²) in [6.07, 6.45) is 2.65. The van der Waals surface area contributed by atoms with Crippen LogP contribution >= 0.6 is 11.6 Å². The molecule has 3 rings (SSSR count).